The Labute approximate surface area is 305 Å². The fourth-order valence-electron chi connectivity index (χ4n) is 7.25. The predicted molar refractivity (Wildman–Crippen MR) is 194 cm³/mol. The monoisotopic (exact) mass is 740 g/mol. The van der Waals surface area contributed by atoms with Crippen molar-refractivity contribution >= 4 is 57.3 Å². The molecule has 0 aliphatic carbocycles. The molecule has 3 aliphatic heterocycles. The first-order chi connectivity index (χ1) is 24.5. The van der Waals surface area contributed by atoms with Gasteiger partial charge in [0.05, 0.1) is 60.4 Å². The van der Waals surface area contributed by atoms with E-state index in [9.17, 15) is 9.59 Å². The fraction of sp³-hybridized carbons (Fsp3) is 0.600. The number of carbonyl (C=O) groups excluding carboxylic acids is 1. The molecule has 6 heterocycles. The smallest absolute Gasteiger partial charge is 0.407 e. The minimum Gasteiger partial charge on any atom is -0.444 e. The molecule has 14 nitrogen and oxygen atoms in total. The lowest BCUT2D eigenvalue weighted by molar-refractivity contribution is -0.0376. The summed E-state index contributed by atoms with van der Waals surface area (Å²) < 4.78 is 26.4. The third-order valence-electron chi connectivity index (χ3n) is 9.94. The van der Waals surface area contributed by atoms with Crippen molar-refractivity contribution in [3.63, 3.8) is 0 Å². The molecular formula is C35H45ClN8O6S. The number of aromatic nitrogens is 6. The van der Waals surface area contributed by atoms with Crippen LogP contribution >= 0.6 is 23.4 Å². The molecule has 1 amide bonds. The molecule has 16 heteroatoms. The second-order valence-electron chi connectivity index (χ2n) is 14.6. The van der Waals surface area contributed by atoms with Gasteiger partial charge < -0.3 is 29.2 Å². The van der Waals surface area contributed by atoms with Crippen LogP contribution in [0.15, 0.2) is 39.4 Å². The zero-order valence-corrected chi connectivity index (χ0v) is 31.3. The zero-order valence-electron chi connectivity index (χ0n) is 29.7. The van der Waals surface area contributed by atoms with E-state index in [0.29, 0.717) is 63.4 Å². The Bertz CT molecular complexity index is 1970. The van der Waals surface area contributed by atoms with E-state index in [1.807, 2.05) is 38.4 Å². The van der Waals surface area contributed by atoms with E-state index < -0.39 is 11.7 Å². The molecule has 1 aromatic carbocycles. The maximum Gasteiger partial charge on any atom is 0.407 e. The van der Waals surface area contributed by atoms with Crippen LogP contribution in [0.1, 0.15) is 66.0 Å². The van der Waals surface area contributed by atoms with E-state index in [-0.39, 0.29) is 29.3 Å². The number of nitrogens with one attached hydrogen (secondary N) is 1. The lowest BCUT2D eigenvalue weighted by Gasteiger charge is -2.42. The Morgan fingerprint density at radius 3 is 2.71 bits per heavy atom. The average molecular weight is 741 g/mol. The van der Waals surface area contributed by atoms with Gasteiger partial charge in [-0.15, -0.1) is 0 Å². The molecule has 4 aromatic rings. The number of ether oxygens (including phenoxy) is 4. The van der Waals surface area contributed by atoms with Crippen LogP contribution in [-0.4, -0.2) is 93.2 Å². The number of amides is 1. The molecule has 3 atom stereocenters. The largest absolute Gasteiger partial charge is 0.444 e. The second-order valence-corrected chi connectivity index (χ2v) is 16.0. The molecular weight excluding hydrogens is 696 g/mol. The maximum absolute atomic E-state index is 13.4. The number of alkyl carbamates (subject to hydrolysis) is 1. The first-order valence-electron chi connectivity index (χ1n) is 17.5. The summed E-state index contributed by atoms with van der Waals surface area (Å²) in [5.41, 5.74) is 0.770. The summed E-state index contributed by atoms with van der Waals surface area (Å²) >= 11 is 8.26. The van der Waals surface area contributed by atoms with Gasteiger partial charge in [0.15, 0.2) is 16.9 Å². The van der Waals surface area contributed by atoms with Crippen molar-refractivity contribution in [3.05, 3.63) is 40.0 Å². The van der Waals surface area contributed by atoms with Gasteiger partial charge in [0, 0.05) is 37.1 Å². The average Bonchev–Trinajstić information content (AvgIpc) is 3.61. The van der Waals surface area contributed by atoms with Crippen molar-refractivity contribution in [1.82, 2.24) is 34.6 Å². The highest BCUT2D eigenvalue weighted by Gasteiger charge is 2.50. The number of fused-ring (bicyclic) bond motifs is 2. The highest BCUT2D eigenvalue weighted by molar-refractivity contribution is 7.99. The van der Waals surface area contributed by atoms with Crippen molar-refractivity contribution < 1.29 is 23.7 Å². The van der Waals surface area contributed by atoms with Gasteiger partial charge in [-0.1, -0.05) is 23.4 Å². The number of methoxy groups -OCH3 is 1. The molecule has 274 valence electrons. The summed E-state index contributed by atoms with van der Waals surface area (Å²) in [6.45, 7) is 11.0. The van der Waals surface area contributed by atoms with Gasteiger partial charge in [0.1, 0.15) is 16.9 Å². The number of piperidine rings is 1. The summed E-state index contributed by atoms with van der Waals surface area (Å²) in [6, 6.07) is 3.50. The maximum atomic E-state index is 13.4. The second kappa shape index (κ2) is 14.5. The highest BCUT2D eigenvalue weighted by Crippen LogP contribution is 2.44. The first-order valence-corrected chi connectivity index (χ1v) is 18.7. The lowest BCUT2D eigenvalue weighted by atomic mass is 9.73. The Morgan fingerprint density at radius 1 is 1.18 bits per heavy atom. The van der Waals surface area contributed by atoms with Crippen molar-refractivity contribution in [2.45, 2.75) is 100 Å². The summed E-state index contributed by atoms with van der Waals surface area (Å²) in [5.74, 6) is 0.751. The minimum absolute atomic E-state index is 0.120. The Balaban J connectivity index is 1.16. The Hall–Kier alpha value is -3.50. The molecule has 0 bridgehead atoms. The van der Waals surface area contributed by atoms with Crippen molar-refractivity contribution in [1.29, 1.82) is 0 Å². The third kappa shape index (κ3) is 7.28. The number of hydrogen-bond donors (Lipinski definition) is 1. The number of rotatable bonds is 8. The lowest BCUT2D eigenvalue weighted by Crippen LogP contribution is -2.55. The molecule has 1 N–H and O–H groups in total. The Kier molecular flexibility index (Phi) is 10.2. The summed E-state index contributed by atoms with van der Waals surface area (Å²) in [4.78, 5) is 43.5. The van der Waals surface area contributed by atoms with E-state index in [2.05, 4.69) is 15.2 Å². The summed E-state index contributed by atoms with van der Waals surface area (Å²) in [6.07, 6.45) is 6.95. The van der Waals surface area contributed by atoms with Gasteiger partial charge in [0.25, 0.3) is 5.56 Å². The molecule has 1 spiro atoms. The van der Waals surface area contributed by atoms with Crippen molar-refractivity contribution in [2.75, 3.05) is 44.9 Å². The normalized spacial score (nSPS) is 22.2. The van der Waals surface area contributed by atoms with Gasteiger partial charge in [-0.3, -0.25) is 9.36 Å². The molecule has 0 radical (unpaired) electrons. The van der Waals surface area contributed by atoms with Crippen LogP contribution in [0.3, 0.4) is 0 Å². The SMILES string of the molecule is COCCn1cnc2ccc(Sc3nn(C4CCCCO4)c4nc(N5CCC6(CC5)CO[C@@H](C)[C@H]6NC(=O)OC(C)(C)C)cnc34)c(Cl)c2c1=O. The van der Waals surface area contributed by atoms with E-state index in [0.717, 1.165) is 51.0 Å². The van der Waals surface area contributed by atoms with Crippen molar-refractivity contribution in [3.8, 4) is 0 Å². The molecule has 51 heavy (non-hydrogen) atoms. The molecule has 7 rings (SSSR count). The van der Waals surface area contributed by atoms with Gasteiger partial charge in [-0.2, -0.15) is 5.10 Å². The molecule has 0 saturated carbocycles. The van der Waals surface area contributed by atoms with E-state index in [1.165, 1.54) is 22.7 Å². The number of halogens is 1. The number of benzene rings is 1. The number of anilines is 1. The highest BCUT2D eigenvalue weighted by atomic mass is 35.5. The van der Waals surface area contributed by atoms with Gasteiger partial charge in [0.2, 0.25) is 0 Å². The number of nitrogens with zero attached hydrogens (tertiary/aromatic N) is 7. The standard InChI is InChI=1S/C35H45ClN8O6S/c1-21-29(40-33(46)50-34(2,3)4)35(19-49-21)11-13-42(14-12-35)24-18-37-28-30(39-24)44(25-8-6-7-16-48-25)41-31(28)51-23-10-9-22-26(27(23)36)32(45)43(20-38-22)15-17-47-5/h9-10,18,20-21,25,29H,6-8,11-17,19H2,1-5H3,(H,40,46)/t21-,25?,29+/m0/s1. The van der Waals surface area contributed by atoms with Gasteiger partial charge >= 0.3 is 6.09 Å². The third-order valence-corrected chi connectivity index (χ3v) is 11.5. The predicted octanol–water partition coefficient (Wildman–Crippen LogP) is 5.58. The van der Waals surface area contributed by atoms with Gasteiger partial charge in [-0.25, -0.2) is 24.4 Å². The minimum atomic E-state index is -0.582. The van der Waals surface area contributed by atoms with E-state index in [1.54, 1.807) is 19.4 Å². The van der Waals surface area contributed by atoms with Gasteiger partial charge in [-0.05, 0) is 71.9 Å². The quantitative estimate of drug-likeness (QED) is 0.240. The molecule has 3 fully saturated rings. The van der Waals surface area contributed by atoms with Crippen LogP contribution < -0.4 is 15.8 Å². The van der Waals surface area contributed by atoms with Crippen molar-refractivity contribution in [2.24, 2.45) is 5.41 Å². The fourth-order valence-corrected chi connectivity index (χ4v) is 8.51. The zero-order chi connectivity index (χ0) is 35.9. The first kappa shape index (κ1) is 35.9. The van der Waals surface area contributed by atoms with Crippen LogP contribution in [0.5, 0.6) is 0 Å². The topological polar surface area (TPSA) is 148 Å². The van der Waals surface area contributed by atoms with Crippen LogP contribution in [-0.2, 0) is 25.5 Å². The van der Waals surface area contributed by atoms with Crippen LogP contribution in [0.4, 0.5) is 10.6 Å². The number of carbonyl (C=O) groups is 1. The molecule has 3 saturated heterocycles. The summed E-state index contributed by atoms with van der Waals surface area (Å²) in [7, 11) is 1.59. The van der Waals surface area contributed by atoms with E-state index in [4.69, 9.17) is 45.6 Å². The Morgan fingerprint density at radius 2 is 1.98 bits per heavy atom. The van der Waals surface area contributed by atoms with Crippen LogP contribution in [0.25, 0.3) is 22.1 Å². The molecule has 3 aliphatic rings. The van der Waals surface area contributed by atoms with Crippen LogP contribution in [0.2, 0.25) is 5.02 Å². The number of hydrogen-bond acceptors (Lipinski definition) is 12. The van der Waals surface area contributed by atoms with Crippen LogP contribution in [0, 0.1) is 5.41 Å². The molecule has 3 aromatic heterocycles. The molecule has 1 unspecified atom stereocenters. The van der Waals surface area contributed by atoms with E-state index >= 15 is 0 Å². The summed E-state index contributed by atoms with van der Waals surface area (Å²) in [5, 5.41) is 9.40.